The van der Waals surface area contributed by atoms with Gasteiger partial charge in [-0.25, -0.2) is 9.97 Å². The number of carbonyl (C=O) groups excluding carboxylic acids is 1. The second-order valence-corrected chi connectivity index (χ2v) is 11.1. The number of methoxy groups -OCH3 is 2. The van der Waals surface area contributed by atoms with Crippen LogP contribution in [0.2, 0.25) is 5.02 Å². The Balaban J connectivity index is 1.27. The lowest BCUT2D eigenvalue weighted by Crippen LogP contribution is -2.47. The topological polar surface area (TPSA) is 91.9 Å². The third kappa shape index (κ3) is 5.87. The lowest BCUT2D eigenvalue weighted by Gasteiger charge is -2.36. The Labute approximate surface area is 240 Å². The minimum atomic E-state index is -0.575. The number of aromatic nitrogens is 2. The lowest BCUT2D eigenvalue weighted by molar-refractivity contribution is -0.119. The van der Waals surface area contributed by atoms with Crippen LogP contribution in [0.3, 0.4) is 0 Å². The van der Waals surface area contributed by atoms with Crippen LogP contribution in [0.1, 0.15) is 30.7 Å². The van der Waals surface area contributed by atoms with Crippen molar-refractivity contribution < 1.29 is 14.3 Å². The number of anilines is 4. The molecule has 1 fully saturated rings. The summed E-state index contributed by atoms with van der Waals surface area (Å²) in [5, 5.41) is 6.82. The molecule has 2 aliphatic heterocycles. The van der Waals surface area contributed by atoms with Crippen LogP contribution in [0.25, 0.3) is 0 Å². The second kappa shape index (κ2) is 12.0. The van der Waals surface area contributed by atoms with E-state index < -0.39 is 5.41 Å². The fourth-order valence-corrected chi connectivity index (χ4v) is 5.67. The average molecular weight is 565 g/mol. The molecule has 0 aliphatic carbocycles. The molecule has 0 bridgehead atoms. The summed E-state index contributed by atoms with van der Waals surface area (Å²) < 4.78 is 10.9. The van der Waals surface area contributed by atoms with Gasteiger partial charge in [0.25, 0.3) is 0 Å². The number of ether oxygens (including phenoxy) is 2. The van der Waals surface area contributed by atoms with Crippen molar-refractivity contribution >= 4 is 40.5 Å². The first-order valence-corrected chi connectivity index (χ1v) is 14.0. The van der Waals surface area contributed by atoms with E-state index in [9.17, 15) is 4.79 Å². The molecule has 2 N–H and O–H groups in total. The highest BCUT2D eigenvalue weighted by molar-refractivity contribution is 6.31. The summed E-state index contributed by atoms with van der Waals surface area (Å²) in [6.07, 6.45) is 2.94. The zero-order valence-corrected chi connectivity index (χ0v) is 24.3. The van der Waals surface area contributed by atoms with Crippen molar-refractivity contribution in [2.45, 2.75) is 32.1 Å². The number of nitrogens with zero attached hydrogens (tertiary/aromatic N) is 4. The van der Waals surface area contributed by atoms with E-state index in [0.717, 1.165) is 79.0 Å². The van der Waals surface area contributed by atoms with E-state index in [4.69, 9.17) is 26.1 Å². The minimum absolute atomic E-state index is 0.0193. The van der Waals surface area contributed by atoms with Crippen LogP contribution in [0.4, 0.5) is 23.0 Å². The van der Waals surface area contributed by atoms with Crippen molar-refractivity contribution in [1.82, 2.24) is 14.9 Å². The fraction of sp³-hybridized carbons (Fsp3) is 0.433. The molecule has 0 unspecified atom stereocenters. The molecule has 0 atom stereocenters. The summed E-state index contributed by atoms with van der Waals surface area (Å²) in [6.45, 7) is 9.55. The van der Waals surface area contributed by atoms with Crippen LogP contribution in [0.5, 0.6) is 5.75 Å². The molecule has 9 nitrogen and oxygen atoms in total. The van der Waals surface area contributed by atoms with Crippen LogP contribution in [-0.4, -0.2) is 74.3 Å². The Bertz CT molecular complexity index is 1370. The van der Waals surface area contributed by atoms with Gasteiger partial charge < -0.3 is 25.0 Å². The smallest absolute Gasteiger partial charge is 0.234 e. The van der Waals surface area contributed by atoms with Gasteiger partial charge in [-0.05, 0) is 56.0 Å². The summed E-state index contributed by atoms with van der Waals surface area (Å²) in [6, 6.07) is 12.1. The molecule has 0 spiro atoms. The molecule has 40 heavy (non-hydrogen) atoms. The van der Waals surface area contributed by atoms with Crippen molar-refractivity contribution in [3.63, 3.8) is 0 Å². The highest BCUT2D eigenvalue weighted by Gasteiger charge is 2.39. The van der Waals surface area contributed by atoms with Gasteiger partial charge in [-0.1, -0.05) is 23.7 Å². The number of piperazine rings is 1. The van der Waals surface area contributed by atoms with Gasteiger partial charge in [-0.2, -0.15) is 0 Å². The van der Waals surface area contributed by atoms with E-state index in [-0.39, 0.29) is 5.91 Å². The van der Waals surface area contributed by atoms with Gasteiger partial charge in [-0.3, -0.25) is 9.69 Å². The SMILES string of the molecule is COCCN1CCN(c2ccc(Nc3ncc(Cl)c(CCc4cccc5c4C(C)(C)C(=O)N5)n3)c(OC)c2)CC1. The number of fused-ring (bicyclic) bond motifs is 1. The molecule has 1 aromatic heterocycles. The van der Waals surface area contributed by atoms with Gasteiger partial charge in [-0.15, -0.1) is 0 Å². The van der Waals surface area contributed by atoms with Gasteiger partial charge in [0.15, 0.2) is 0 Å². The maximum Gasteiger partial charge on any atom is 0.234 e. The van der Waals surface area contributed by atoms with Crippen molar-refractivity contribution in [3.8, 4) is 5.75 Å². The molecule has 0 saturated carbocycles. The van der Waals surface area contributed by atoms with E-state index in [2.05, 4.69) is 43.6 Å². The zero-order chi connectivity index (χ0) is 28.3. The number of amides is 1. The highest BCUT2D eigenvalue weighted by Crippen LogP contribution is 2.40. The summed E-state index contributed by atoms with van der Waals surface area (Å²) in [5.41, 5.74) is 5.12. The first-order chi connectivity index (χ1) is 19.3. The maximum absolute atomic E-state index is 12.5. The second-order valence-electron chi connectivity index (χ2n) is 10.7. The molecule has 0 radical (unpaired) electrons. The van der Waals surface area contributed by atoms with Gasteiger partial charge in [0.1, 0.15) is 5.75 Å². The van der Waals surface area contributed by atoms with E-state index in [1.165, 1.54) is 0 Å². The number of aryl methyl sites for hydroxylation is 2. The number of rotatable bonds is 10. The lowest BCUT2D eigenvalue weighted by atomic mass is 9.82. The van der Waals surface area contributed by atoms with Gasteiger partial charge >= 0.3 is 0 Å². The number of hydrogen-bond acceptors (Lipinski definition) is 8. The Morgan fingerprint density at radius 3 is 2.65 bits per heavy atom. The average Bonchev–Trinajstić information content (AvgIpc) is 3.20. The predicted octanol–water partition coefficient (Wildman–Crippen LogP) is 4.67. The van der Waals surface area contributed by atoms with Gasteiger partial charge in [0.05, 0.1) is 41.7 Å². The van der Waals surface area contributed by atoms with E-state index in [1.54, 1.807) is 20.4 Å². The van der Waals surface area contributed by atoms with E-state index in [0.29, 0.717) is 23.8 Å². The highest BCUT2D eigenvalue weighted by atomic mass is 35.5. The third-order valence-corrected chi connectivity index (χ3v) is 8.14. The number of hydrogen-bond donors (Lipinski definition) is 2. The maximum atomic E-state index is 12.5. The molecule has 3 heterocycles. The van der Waals surface area contributed by atoms with Gasteiger partial charge in [0.2, 0.25) is 11.9 Å². The number of carbonyl (C=O) groups is 1. The third-order valence-electron chi connectivity index (χ3n) is 7.82. The number of halogens is 1. The molecule has 10 heteroatoms. The van der Waals surface area contributed by atoms with Crippen molar-refractivity contribution in [2.24, 2.45) is 0 Å². The Morgan fingerprint density at radius 2 is 1.90 bits per heavy atom. The van der Waals surface area contributed by atoms with Crippen molar-refractivity contribution in [2.75, 3.05) is 69.1 Å². The molecule has 1 amide bonds. The molecule has 2 aromatic carbocycles. The van der Waals surface area contributed by atoms with Crippen molar-refractivity contribution in [1.29, 1.82) is 0 Å². The first kappa shape index (κ1) is 28.1. The quantitative estimate of drug-likeness (QED) is 0.367. The first-order valence-electron chi connectivity index (χ1n) is 13.7. The molecule has 3 aromatic rings. The Kier molecular flexibility index (Phi) is 8.44. The van der Waals surface area contributed by atoms with E-state index >= 15 is 0 Å². The summed E-state index contributed by atoms with van der Waals surface area (Å²) in [7, 11) is 3.41. The minimum Gasteiger partial charge on any atom is -0.494 e. The predicted molar refractivity (Wildman–Crippen MR) is 159 cm³/mol. The van der Waals surface area contributed by atoms with E-state index in [1.807, 2.05) is 32.0 Å². The van der Waals surface area contributed by atoms with Crippen LogP contribution in [0, 0.1) is 0 Å². The Morgan fingerprint density at radius 1 is 1.10 bits per heavy atom. The van der Waals surface area contributed by atoms with Crippen LogP contribution < -0.4 is 20.3 Å². The van der Waals surface area contributed by atoms with Crippen LogP contribution >= 0.6 is 11.6 Å². The molecular weight excluding hydrogens is 528 g/mol. The summed E-state index contributed by atoms with van der Waals surface area (Å²) in [4.78, 5) is 26.4. The zero-order valence-electron chi connectivity index (χ0n) is 23.6. The fourth-order valence-electron chi connectivity index (χ4n) is 5.48. The standard InChI is InChI=1S/C30H37ClN6O3/c1-30(2)27-20(6-5-7-25(27)33-28(30)38)8-10-23-22(31)19-32-29(34-23)35-24-11-9-21(18-26(24)40-4)37-14-12-36(13-15-37)16-17-39-3/h5-7,9,11,18-19H,8,10,12-17H2,1-4H3,(H,33,38)(H,32,34,35). The van der Waals surface area contributed by atoms with Gasteiger partial charge in [0, 0.05) is 57.3 Å². The normalized spacial score (nSPS) is 16.5. The molecule has 212 valence electrons. The van der Waals surface area contributed by atoms with Crippen LogP contribution in [-0.2, 0) is 27.8 Å². The largest absolute Gasteiger partial charge is 0.494 e. The summed E-state index contributed by atoms with van der Waals surface area (Å²) >= 11 is 6.51. The molecule has 5 rings (SSSR count). The monoisotopic (exact) mass is 564 g/mol. The molecular formula is C30H37ClN6O3. The van der Waals surface area contributed by atoms with Crippen LogP contribution in [0.15, 0.2) is 42.6 Å². The van der Waals surface area contributed by atoms with Crippen molar-refractivity contribution in [3.05, 3.63) is 64.4 Å². The number of nitrogens with one attached hydrogen (secondary N) is 2. The molecule has 1 saturated heterocycles. The number of benzene rings is 2. The molecule has 2 aliphatic rings. The Hall–Kier alpha value is -3.40. The summed E-state index contributed by atoms with van der Waals surface area (Å²) in [5.74, 6) is 1.19.